The summed E-state index contributed by atoms with van der Waals surface area (Å²) >= 11 is 0. The number of hydrogen-bond donors (Lipinski definition) is 0. The first-order chi connectivity index (χ1) is 4.92. The molecule has 2 aromatic rings. The zero-order valence-electron chi connectivity index (χ0n) is 5.19. The molecule has 0 radical (unpaired) electrons. The Hall–Kier alpha value is -1.58. The lowest BCUT2D eigenvalue weighted by molar-refractivity contribution is 0.259. The van der Waals surface area contributed by atoms with Gasteiger partial charge < -0.3 is 0 Å². The molecule has 0 bridgehead atoms. The number of nitrogens with zero attached hydrogens (tertiary/aromatic N) is 3. The van der Waals surface area contributed by atoms with Crippen molar-refractivity contribution in [3.63, 3.8) is 0 Å². The Morgan fingerprint density at radius 2 is 2.50 bits per heavy atom. The Labute approximate surface area is 56.7 Å². The number of fused-ring (bicyclic) bond motifs is 1. The van der Waals surface area contributed by atoms with E-state index in [0.29, 0.717) is 5.65 Å². The number of rotatable bonds is 1. The monoisotopic (exact) mass is 135 g/mol. The molecule has 4 heteroatoms. The van der Waals surface area contributed by atoms with Gasteiger partial charge in [-0.05, 0) is 18.2 Å². The van der Waals surface area contributed by atoms with Gasteiger partial charge in [-0.3, -0.25) is 0 Å². The van der Waals surface area contributed by atoms with Gasteiger partial charge in [0.1, 0.15) is 0 Å². The van der Waals surface area contributed by atoms with Crippen LogP contribution in [0.3, 0.4) is 0 Å². The molecule has 0 spiro atoms. The smallest absolute Gasteiger partial charge is 0.197 e. The van der Waals surface area contributed by atoms with Crippen molar-refractivity contribution in [2.75, 3.05) is 0 Å². The fraction of sp³-hybridized carbons (Fsp3) is 0. The van der Waals surface area contributed by atoms with E-state index >= 15 is 0 Å². The highest BCUT2D eigenvalue weighted by atomic mass is 16.6. The van der Waals surface area contributed by atoms with Gasteiger partial charge in [0, 0.05) is 0 Å². The Balaban J connectivity index is 2.88. The van der Waals surface area contributed by atoms with E-state index in [9.17, 15) is 0 Å². The summed E-state index contributed by atoms with van der Waals surface area (Å²) in [4.78, 5) is 0. The SMILES string of the molecule is C=Cc1ccc2nnon12. The molecule has 2 heterocycles. The first-order valence-electron chi connectivity index (χ1n) is 2.84. The standard InChI is InChI=1S/C6H5N3O/c1-2-5-3-4-6-7-8-10-9(5)6/h2-4H,1H2. The molecule has 0 aromatic carbocycles. The summed E-state index contributed by atoms with van der Waals surface area (Å²) in [6.07, 6.45) is 1.68. The maximum Gasteiger partial charge on any atom is 0.197 e. The summed E-state index contributed by atoms with van der Waals surface area (Å²) in [6.45, 7) is 3.60. The lowest BCUT2D eigenvalue weighted by Crippen LogP contribution is -1.78. The summed E-state index contributed by atoms with van der Waals surface area (Å²) in [7, 11) is 0. The van der Waals surface area contributed by atoms with Crippen molar-refractivity contribution >= 4 is 11.7 Å². The van der Waals surface area contributed by atoms with Crippen LogP contribution >= 0.6 is 0 Å². The van der Waals surface area contributed by atoms with Crippen molar-refractivity contribution in [3.8, 4) is 0 Å². The Bertz CT molecular complexity index is 360. The van der Waals surface area contributed by atoms with Gasteiger partial charge >= 0.3 is 0 Å². The molecule has 0 aliphatic carbocycles. The second kappa shape index (κ2) is 1.70. The molecule has 0 atom stereocenters. The molecular formula is C6H5N3O. The third kappa shape index (κ3) is 0.500. The van der Waals surface area contributed by atoms with E-state index < -0.39 is 0 Å². The Morgan fingerprint density at radius 1 is 1.60 bits per heavy atom. The van der Waals surface area contributed by atoms with E-state index in [1.54, 1.807) is 6.08 Å². The Kier molecular flexibility index (Phi) is 0.887. The minimum Gasteiger partial charge on any atom is -0.241 e. The molecule has 0 N–H and O–H groups in total. The summed E-state index contributed by atoms with van der Waals surface area (Å²) in [5.74, 6) is 0. The summed E-state index contributed by atoms with van der Waals surface area (Å²) in [5, 5.41) is 7.05. The van der Waals surface area contributed by atoms with Gasteiger partial charge in [0.2, 0.25) is 0 Å². The molecule has 2 aromatic heterocycles. The van der Waals surface area contributed by atoms with Gasteiger partial charge in [-0.2, -0.15) is 0 Å². The minimum atomic E-state index is 0.704. The summed E-state index contributed by atoms with van der Waals surface area (Å²) in [6, 6.07) is 3.67. The zero-order valence-corrected chi connectivity index (χ0v) is 5.19. The van der Waals surface area contributed by atoms with Crippen LogP contribution in [0.15, 0.2) is 23.3 Å². The molecule has 0 aliphatic heterocycles. The fourth-order valence-electron chi connectivity index (χ4n) is 0.838. The topological polar surface area (TPSA) is 43.3 Å². The first kappa shape index (κ1) is 5.22. The van der Waals surface area contributed by atoms with Crippen molar-refractivity contribution < 1.29 is 4.63 Å². The molecule has 0 amide bonds. The molecule has 50 valence electrons. The third-order valence-electron chi connectivity index (χ3n) is 1.32. The average molecular weight is 135 g/mol. The van der Waals surface area contributed by atoms with E-state index in [4.69, 9.17) is 4.63 Å². The molecular weight excluding hydrogens is 130 g/mol. The van der Waals surface area contributed by atoms with Crippen LogP contribution in [-0.4, -0.2) is 14.9 Å². The van der Waals surface area contributed by atoms with Crippen molar-refractivity contribution in [1.29, 1.82) is 0 Å². The normalized spacial score (nSPS) is 10.4. The molecule has 0 fully saturated rings. The summed E-state index contributed by atoms with van der Waals surface area (Å²) in [5.41, 5.74) is 1.56. The third-order valence-corrected chi connectivity index (χ3v) is 1.32. The van der Waals surface area contributed by atoms with Crippen LogP contribution in [0.25, 0.3) is 11.7 Å². The molecule has 0 aliphatic rings. The van der Waals surface area contributed by atoms with Gasteiger partial charge in [0.25, 0.3) is 0 Å². The van der Waals surface area contributed by atoms with Crippen molar-refractivity contribution in [3.05, 3.63) is 24.4 Å². The molecule has 0 unspecified atom stereocenters. The Morgan fingerprint density at radius 3 is 3.30 bits per heavy atom. The predicted molar refractivity (Wildman–Crippen MR) is 35.3 cm³/mol. The fourth-order valence-corrected chi connectivity index (χ4v) is 0.838. The van der Waals surface area contributed by atoms with Gasteiger partial charge in [-0.1, -0.05) is 11.7 Å². The van der Waals surface area contributed by atoms with Crippen LogP contribution in [0, 0.1) is 0 Å². The van der Waals surface area contributed by atoms with Gasteiger partial charge in [-0.15, -0.1) is 4.57 Å². The van der Waals surface area contributed by atoms with Gasteiger partial charge in [0.15, 0.2) is 5.65 Å². The van der Waals surface area contributed by atoms with Crippen molar-refractivity contribution in [1.82, 2.24) is 14.9 Å². The van der Waals surface area contributed by atoms with E-state index in [2.05, 4.69) is 16.9 Å². The van der Waals surface area contributed by atoms with E-state index in [1.807, 2.05) is 12.1 Å². The van der Waals surface area contributed by atoms with Crippen LogP contribution in [0.2, 0.25) is 0 Å². The average Bonchev–Trinajstić information content (AvgIpc) is 2.44. The van der Waals surface area contributed by atoms with E-state index in [0.717, 1.165) is 5.69 Å². The van der Waals surface area contributed by atoms with Crippen LogP contribution in [0.1, 0.15) is 5.69 Å². The first-order valence-corrected chi connectivity index (χ1v) is 2.84. The number of hydrogen-bond acceptors (Lipinski definition) is 3. The van der Waals surface area contributed by atoms with Crippen molar-refractivity contribution in [2.24, 2.45) is 0 Å². The van der Waals surface area contributed by atoms with Crippen LogP contribution in [0.5, 0.6) is 0 Å². The highest BCUT2D eigenvalue weighted by Crippen LogP contribution is 2.06. The maximum atomic E-state index is 4.76. The molecule has 2 rings (SSSR count). The second-order valence-corrected chi connectivity index (χ2v) is 1.88. The van der Waals surface area contributed by atoms with Crippen LogP contribution < -0.4 is 0 Å². The molecule has 0 saturated heterocycles. The minimum absolute atomic E-state index is 0.704. The van der Waals surface area contributed by atoms with Crippen LogP contribution in [0.4, 0.5) is 0 Å². The molecule has 10 heavy (non-hydrogen) atoms. The van der Waals surface area contributed by atoms with Crippen LogP contribution in [-0.2, 0) is 0 Å². The maximum absolute atomic E-state index is 4.76. The van der Waals surface area contributed by atoms with Gasteiger partial charge in [-0.25, -0.2) is 4.63 Å². The quantitative estimate of drug-likeness (QED) is 0.585. The molecule has 0 saturated carbocycles. The van der Waals surface area contributed by atoms with E-state index in [-0.39, 0.29) is 0 Å². The van der Waals surface area contributed by atoms with Gasteiger partial charge in [0.05, 0.1) is 11.0 Å². The lowest BCUT2D eigenvalue weighted by atomic mass is 10.4. The highest BCUT2D eigenvalue weighted by Gasteiger charge is 2.00. The number of aromatic nitrogens is 3. The largest absolute Gasteiger partial charge is 0.241 e. The summed E-state index contributed by atoms with van der Waals surface area (Å²) < 4.78 is 6.27. The van der Waals surface area contributed by atoms with Crippen molar-refractivity contribution in [2.45, 2.75) is 0 Å². The predicted octanol–water partition coefficient (Wildman–Crippen LogP) is 0.965. The van der Waals surface area contributed by atoms with E-state index in [1.165, 1.54) is 4.57 Å². The highest BCUT2D eigenvalue weighted by molar-refractivity contribution is 5.50. The second-order valence-electron chi connectivity index (χ2n) is 1.88. The zero-order chi connectivity index (χ0) is 6.97. The molecule has 4 nitrogen and oxygen atoms in total. The lowest BCUT2D eigenvalue weighted by Gasteiger charge is -1.81.